The number of benzene rings is 2. The zero-order chi connectivity index (χ0) is 20.1. The SMILES string of the molecule is Cc1ccccc1Nc1ncnc(NNC(=O)c2ccccc2C)c1[N+](=O)[O-]. The molecule has 0 atom stereocenters. The predicted molar refractivity (Wildman–Crippen MR) is 105 cm³/mol. The number of nitrogens with one attached hydrogen (secondary N) is 3. The third-order valence-electron chi connectivity index (χ3n) is 4.09. The van der Waals surface area contributed by atoms with Gasteiger partial charge in [-0.05, 0) is 37.1 Å². The molecule has 28 heavy (non-hydrogen) atoms. The normalized spacial score (nSPS) is 10.2. The van der Waals surface area contributed by atoms with Crippen LogP contribution < -0.4 is 16.2 Å². The molecule has 0 saturated heterocycles. The molecule has 0 aliphatic rings. The fourth-order valence-electron chi connectivity index (χ4n) is 2.59. The molecule has 3 rings (SSSR count). The lowest BCUT2D eigenvalue weighted by atomic mass is 10.1. The van der Waals surface area contributed by atoms with Crippen LogP contribution >= 0.6 is 0 Å². The summed E-state index contributed by atoms with van der Waals surface area (Å²) in [4.78, 5) is 31.2. The minimum absolute atomic E-state index is 0.0157. The van der Waals surface area contributed by atoms with E-state index in [9.17, 15) is 14.9 Å². The molecule has 0 aliphatic heterocycles. The Balaban J connectivity index is 1.85. The Morgan fingerprint density at radius 1 is 0.964 bits per heavy atom. The lowest BCUT2D eigenvalue weighted by molar-refractivity contribution is -0.383. The van der Waals surface area contributed by atoms with E-state index in [-0.39, 0.29) is 17.3 Å². The van der Waals surface area contributed by atoms with E-state index in [2.05, 4.69) is 26.1 Å². The van der Waals surface area contributed by atoms with Gasteiger partial charge >= 0.3 is 5.69 Å². The fraction of sp³-hybridized carbons (Fsp3) is 0.105. The van der Waals surface area contributed by atoms with Crippen molar-refractivity contribution >= 4 is 28.9 Å². The van der Waals surface area contributed by atoms with E-state index < -0.39 is 10.8 Å². The van der Waals surface area contributed by atoms with Gasteiger partial charge in [-0.3, -0.25) is 25.8 Å². The molecule has 0 radical (unpaired) electrons. The number of aryl methyl sites for hydroxylation is 2. The Labute approximate surface area is 161 Å². The van der Waals surface area contributed by atoms with E-state index in [4.69, 9.17) is 0 Å². The number of hydrazine groups is 1. The van der Waals surface area contributed by atoms with Crippen molar-refractivity contribution in [2.45, 2.75) is 13.8 Å². The molecule has 9 heteroatoms. The largest absolute Gasteiger partial charge is 0.355 e. The first kappa shape index (κ1) is 18.8. The monoisotopic (exact) mass is 378 g/mol. The van der Waals surface area contributed by atoms with Crippen LogP contribution in [-0.2, 0) is 0 Å². The van der Waals surface area contributed by atoms with E-state index in [1.54, 1.807) is 31.2 Å². The number of amides is 1. The molecule has 3 N–H and O–H groups in total. The summed E-state index contributed by atoms with van der Waals surface area (Å²) in [5, 5.41) is 14.6. The molecule has 3 aromatic rings. The maximum Gasteiger partial charge on any atom is 0.355 e. The standard InChI is InChI=1S/C19H18N6O3/c1-12-7-3-5-9-14(12)19(26)24-23-18-16(25(27)28)17(20-11-21-18)22-15-10-6-4-8-13(15)2/h3-11H,1-2H3,(H,24,26)(H2,20,21,22,23). The van der Waals surface area contributed by atoms with Gasteiger partial charge in [0.15, 0.2) is 0 Å². The number of nitrogens with zero attached hydrogens (tertiary/aromatic N) is 3. The van der Waals surface area contributed by atoms with E-state index in [0.29, 0.717) is 11.3 Å². The van der Waals surface area contributed by atoms with Crippen LogP contribution in [0.15, 0.2) is 54.9 Å². The third kappa shape index (κ3) is 4.04. The molecule has 0 saturated carbocycles. The van der Waals surface area contributed by atoms with Crippen LogP contribution in [0.4, 0.5) is 23.0 Å². The summed E-state index contributed by atoms with van der Waals surface area (Å²) < 4.78 is 0. The second-order valence-corrected chi connectivity index (χ2v) is 6.01. The number of hydrogen-bond acceptors (Lipinski definition) is 7. The Hall–Kier alpha value is -4.01. The van der Waals surface area contributed by atoms with Crippen LogP contribution in [-0.4, -0.2) is 20.8 Å². The number of aromatic nitrogens is 2. The highest BCUT2D eigenvalue weighted by Gasteiger charge is 2.24. The molecule has 1 amide bonds. The van der Waals surface area contributed by atoms with Crippen molar-refractivity contribution in [1.29, 1.82) is 0 Å². The number of rotatable bonds is 6. The van der Waals surface area contributed by atoms with Crippen molar-refractivity contribution in [1.82, 2.24) is 15.4 Å². The number of carbonyl (C=O) groups excluding carboxylic acids is 1. The lowest BCUT2D eigenvalue weighted by Gasteiger charge is -2.12. The van der Waals surface area contributed by atoms with Crippen LogP contribution in [0.25, 0.3) is 0 Å². The molecule has 2 aromatic carbocycles. The molecule has 0 spiro atoms. The summed E-state index contributed by atoms with van der Waals surface area (Å²) in [7, 11) is 0. The second-order valence-electron chi connectivity index (χ2n) is 6.01. The summed E-state index contributed by atoms with van der Waals surface area (Å²) in [6.45, 7) is 3.67. The summed E-state index contributed by atoms with van der Waals surface area (Å²) in [6.07, 6.45) is 1.18. The molecule has 0 fully saturated rings. The van der Waals surface area contributed by atoms with Gasteiger partial charge in [-0.1, -0.05) is 36.4 Å². The van der Waals surface area contributed by atoms with E-state index in [1.165, 1.54) is 6.33 Å². The highest BCUT2D eigenvalue weighted by Crippen LogP contribution is 2.31. The van der Waals surface area contributed by atoms with E-state index >= 15 is 0 Å². The van der Waals surface area contributed by atoms with Gasteiger partial charge < -0.3 is 5.32 Å². The van der Waals surface area contributed by atoms with Gasteiger partial charge in [-0.2, -0.15) is 0 Å². The smallest absolute Gasteiger partial charge is 0.334 e. The van der Waals surface area contributed by atoms with Gasteiger partial charge in [0.1, 0.15) is 6.33 Å². The molecule has 0 aliphatic carbocycles. The molecule has 142 valence electrons. The minimum atomic E-state index is -0.608. The van der Waals surface area contributed by atoms with Crippen molar-refractivity contribution in [3.63, 3.8) is 0 Å². The van der Waals surface area contributed by atoms with Crippen LogP contribution in [0.1, 0.15) is 21.5 Å². The zero-order valence-corrected chi connectivity index (χ0v) is 15.3. The topological polar surface area (TPSA) is 122 Å². The van der Waals surface area contributed by atoms with E-state index in [0.717, 1.165) is 11.1 Å². The molecular weight excluding hydrogens is 360 g/mol. The van der Waals surface area contributed by atoms with Crippen LogP contribution in [0.2, 0.25) is 0 Å². The average Bonchev–Trinajstić information content (AvgIpc) is 2.68. The predicted octanol–water partition coefficient (Wildman–Crippen LogP) is 3.50. The highest BCUT2D eigenvalue weighted by atomic mass is 16.6. The summed E-state index contributed by atoms with van der Waals surface area (Å²) in [5.74, 6) is -0.542. The van der Waals surface area contributed by atoms with Crippen molar-refractivity contribution in [2.24, 2.45) is 0 Å². The Morgan fingerprint density at radius 2 is 1.61 bits per heavy atom. The van der Waals surface area contributed by atoms with Gasteiger partial charge in [-0.15, -0.1) is 0 Å². The minimum Gasteiger partial charge on any atom is -0.334 e. The van der Waals surface area contributed by atoms with Crippen molar-refractivity contribution in [3.05, 3.63) is 81.7 Å². The fourth-order valence-corrected chi connectivity index (χ4v) is 2.59. The quantitative estimate of drug-likeness (QED) is 0.443. The van der Waals surface area contributed by atoms with Crippen LogP contribution in [0, 0.1) is 24.0 Å². The third-order valence-corrected chi connectivity index (χ3v) is 4.09. The van der Waals surface area contributed by atoms with Crippen molar-refractivity contribution in [2.75, 3.05) is 10.7 Å². The molecule has 9 nitrogen and oxygen atoms in total. The van der Waals surface area contributed by atoms with Gasteiger partial charge in [0.2, 0.25) is 11.6 Å². The lowest BCUT2D eigenvalue weighted by Crippen LogP contribution is -2.30. The molecule has 0 unspecified atom stereocenters. The summed E-state index contributed by atoms with van der Waals surface area (Å²) in [6, 6.07) is 14.3. The summed E-state index contributed by atoms with van der Waals surface area (Å²) >= 11 is 0. The van der Waals surface area contributed by atoms with Gasteiger partial charge in [0, 0.05) is 11.3 Å². The average molecular weight is 378 g/mol. The highest BCUT2D eigenvalue weighted by molar-refractivity contribution is 5.96. The maximum absolute atomic E-state index is 12.3. The second kappa shape index (κ2) is 8.12. The first-order valence-corrected chi connectivity index (χ1v) is 8.41. The van der Waals surface area contributed by atoms with Gasteiger partial charge in [-0.25, -0.2) is 9.97 Å². The van der Waals surface area contributed by atoms with Crippen molar-refractivity contribution < 1.29 is 9.72 Å². The number of nitro groups is 1. The number of anilines is 3. The van der Waals surface area contributed by atoms with Gasteiger partial charge in [0.05, 0.1) is 4.92 Å². The van der Waals surface area contributed by atoms with Crippen molar-refractivity contribution in [3.8, 4) is 0 Å². The number of para-hydroxylation sites is 1. The Kier molecular flexibility index (Phi) is 5.45. The number of carbonyl (C=O) groups is 1. The maximum atomic E-state index is 12.3. The molecule has 1 heterocycles. The Bertz CT molecular complexity index is 1040. The van der Waals surface area contributed by atoms with Crippen LogP contribution in [0.5, 0.6) is 0 Å². The molecular formula is C19H18N6O3. The van der Waals surface area contributed by atoms with E-state index in [1.807, 2.05) is 31.2 Å². The van der Waals surface area contributed by atoms with Gasteiger partial charge in [0.25, 0.3) is 5.91 Å². The zero-order valence-electron chi connectivity index (χ0n) is 15.3. The summed E-state index contributed by atoms with van der Waals surface area (Å²) in [5.41, 5.74) is 7.40. The Morgan fingerprint density at radius 3 is 2.29 bits per heavy atom. The number of hydrogen-bond donors (Lipinski definition) is 3. The first-order valence-electron chi connectivity index (χ1n) is 8.41. The van der Waals surface area contributed by atoms with Crippen LogP contribution in [0.3, 0.4) is 0 Å². The molecule has 0 bridgehead atoms. The first-order chi connectivity index (χ1) is 13.5. The molecule has 1 aromatic heterocycles.